The molecule has 0 spiro atoms. The summed E-state index contributed by atoms with van der Waals surface area (Å²) >= 11 is 0. The Balaban J connectivity index is 1.76. The van der Waals surface area contributed by atoms with E-state index in [0.29, 0.717) is 0 Å². The molecular weight excluding hydrogens is 188 g/mol. The zero-order valence-corrected chi connectivity index (χ0v) is 9.87. The first-order chi connectivity index (χ1) is 7.34. The minimum Gasteiger partial charge on any atom is -0.381 e. The van der Waals surface area contributed by atoms with Gasteiger partial charge in [0.15, 0.2) is 0 Å². The molecule has 0 amide bonds. The van der Waals surface area contributed by atoms with Crippen LogP contribution in [0, 0.1) is 11.8 Å². The molecule has 0 aromatic carbocycles. The molecule has 0 bridgehead atoms. The van der Waals surface area contributed by atoms with Crippen LogP contribution in [0.25, 0.3) is 0 Å². The molecule has 0 aromatic heterocycles. The maximum atomic E-state index is 5.54. The second-order valence-corrected chi connectivity index (χ2v) is 5.15. The average molecular weight is 212 g/mol. The molecule has 2 heterocycles. The van der Waals surface area contributed by atoms with Crippen molar-refractivity contribution in [2.75, 3.05) is 45.9 Å². The molecule has 0 radical (unpaired) electrons. The molecule has 0 saturated carbocycles. The van der Waals surface area contributed by atoms with E-state index in [-0.39, 0.29) is 0 Å². The highest BCUT2D eigenvalue weighted by atomic mass is 16.5. The molecule has 15 heavy (non-hydrogen) atoms. The zero-order chi connectivity index (χ0) is 10.5. The average Bonchev–Trinajstić information content (AvgIpc) is 2.44. The molecule has 2 fully saturated rings. The van der Waals surface area contributed by atoms with Gasteiger partial charge in [0.25, 0.3) is 0 Å². The van der Waals surface area contributed by atoms with E-state index in [9.17, 15) is 0 Å². The van der Waals surface area contributed by atoms with Crippen LogP contribution in [0.3, 0.4) is 0 Å². The van der Waals surface area contributed by atoms with Gasteiger partial charge >= 0.3 is 0 Å². The summed E-state index contributed by atoms with van der Waals surface area (Å²) < 4.78 is 5.54. The summed E-state index contributed by atoms with van der Waals surface area (Å²) in [7, 11) is 0. The number of nitrogens with zero attached hydrogens (tertiary/aromatic N) is 1. The van der Waals surface area contributed by atoms with E-state index in [1.165, 1.54) is 39.0 Å². The summed E-state index contributed by atoms with van der Waals surface area (Å²) in [4.78, 5) is 2.62. The van der Waals surface area contributed by atoms with Crippen LogP contribution in [0.15, 0.2) is 0 Å². The predicted molar refractivity (Wildman–Crippen MR) is 62.0 cm³/mol. The molecule has 3 nitrogen and oxygen atoms in total. The van der Waals surface area contributed by atoms with Gasteiger partial charge in [0.1, 0.15) is 0 Å². The van der Waals surface area contributed by atoms with E-state index >= 15 is 0 Å². The molecular formula is C12H24N2O. The van der Waals surface area contributed by atoms with Gasteiger partial charge in [-0.05, 0) is 31.2 Å². The number of ether oxygens (including phenoxy) is 1. The number of nitrogens with one attached hydrogen (secondary N) is 1. The highest BCUT2D eigenvalue weighted by Gasteiger charge is 2.20. The fraction of sp³-hybridized carbons (Fsp3) is 1.00. The van der Waals surface area contributed by atoms with E-state index in [1.807, 2.05) is 0 Å². The van der Waals surface area contributed by atoms with Crippen LogP contribution in [-0.2, 0) is 4.74 Å². The van der Waals surface area contributed by atoms with E-state index < -0.39 is 0 Å². The molecule has 2 atom stereocenters. The van der Waals surface area contributed by atoms with Gasteiger partial charge in [-0.2, -0.15) is 0 Å². The molecule has 2 aliphatic rings. The van der Waals surface area contributed by atoms with E-state index in [0.717, 1.165) is 31.6 Å². The van der Waals surface area contributed by atoms with Crippen LogP contribution in [0.2, 0.25) is 0 Å². The van der Waals surface area contributed by atoms with Gasteiger partial charge in [0, 0.05) is 32.8 Å². The predicted octanol–water partition coefficient (Wildman–Crippen LogP) is 0.954. The van der Waals surface area contributed by atoms with Gasteiger partial charge in [-0.25, -0.2) is 0 Å². The lowest BCUT2D eigenvalue weighted by Crippen LogP contribution is -2.36. The van der Waals surface area contributed by atoms with Crippen molar-refractivity contribution in [1.29, 1.82) is 0 Å². The minimum absolute atomic E-state index is 0.782. The maximum absolute atomic E-state index is 5.54. The Hall–Kier alpha value is -0.120. The summed E-state index contributed by atoms with van der Waals surface area (Å²) in [5.74, 6) is 1.57. The Morgan fingerprint density at radius 3 is 3.20 bits per heavy atom. The first kappa shape index (κ1) is 11.4. The summed E-state index contributed by atoms with van der Waals surface area (Å²) in [6.45, 7) is 10.3. The standard InChI is InChI=1S/C12H24N2O/c1-11-7-13-4-5-14(8-11)9-12-3-2-6-15-10-12/h11-13H,2-10H2,1H3. The van der Waals surface area contributed by atoms with E-state index in [1.54, 1.807) is 0 Å². The summed E-state index contributed by atoms with van der Waals surface area (Å²) in [6.07, 6.45) is 2.62. The van der Waals surface area contributed by atoms with Gasteiger partial charge in [0.2, 0.25) is 0 Å². The fourth-order valence-corrected chi connectivity index (χ4v) is 2.66. The third-order valence-corrected chi connectivity index (χ3v) is 3.44. The smallest absolute Gasteiger partial charge is 0.0506 e. The quantitative estimate of drug-likeness (QED) is 0.738. The highest BCUT2D eigenvalue weighted by molar-refractivity contribution is 4.74. The number of hydrogen-bond acceptors (Lipinski definition) is 3. The van der Waals surface area contributed by atoms with Crippen molar-refractivity contribution in [3.63, 3.8) is 0 Å². The van der Waals surface area contributed by atoms with Gasteiger partial charge in [-0.15, -0.1) is 0 Å². The molecule has 2 rings (SSSR count). The normalized spacial score (nSPS) is 35.0. The summed E-state index contributed by atoms with van der Waals surface area (Å²) in [5.41, 5.74) is 0. The number of rotatable bonds is 2. The third-order valence-electron chi connectivity index (χ3n) is 3.44. The Morgan fingerprint density at radius 2 is 2.40 bits per heavy atom. The molecule has 0 aromatic rings. The van der Waals surface area contributed by atoms with Crippen molar-refractivity contribution in [1.82, 2.24) is 10.2 Å². The van der Waals surface area contributed by atoms with Crippen LogP contribution < -0.4 is 5.32 Å². The van der Waals surface area contributed by atoms with Crippen molar-refractivity contribution in [3.8, 4) is 0 Å². The Bertz CT molecular complexity index is 180. The lowest BCUT2D eigenvalue weighted by molar-refractivity contribution is 0.0381. The molecule has 2 aliphatic heterocycles. The van der Waals surface area contributed by atoms with Gasteiger partial charge in [-0.1, -0.05) is 6.92 Å². The second-order valence-electron chi connectivity index (χ2n) is 5.15. The lowest BCUT2D eigenvalue weighted by atomic mass is 10.0. The largest absolute Gasteiger partial charge is 0.381 e. The van der Waals surface area contributed by atoms with Crippen LogP contribution in [0.5, 0.6) is 0 Å². The van der Waals surface area contributed by atoms with Gasteiger partial charge < -0.3 is 15.0 Å². The van der Waals surface area contributed by atoms with Crippen LogP contribution in [-0.4, -0.2) is 50.8 Å². The van der Waals surface area contributed by atoms with E-state index in [2.05, 4.69) is 17.1 Å². The zero-order valence-electron chi connectivity index (χ0n) is 9.87. The minimum atomic E-state index is 0.782. The van der Waals surface area contributed by atoms with Crippen molar-refractivity contribution in [3.05, 3.63) is 0 Å². The van der Waals surface area contributed by atoms with Crippen molar-refractivity contribution >= 4 is 0 Å². The first-order valence-corrected chi connectivity index (χ1v) is 6.35. The van der Waals surface area contributed by atoms with Crippen molar-refractivity contribution in [2.45, 2.75) is 19.8 Å². The first-order valence-electron chi connectivity index (χ1n) is 6.35. The third kappa shape index (κ3) is 3.74. The Labute approximate surface area is 93.2 Å². The van der Waals surface area contributed by atoms with Crippen molar-refractivity contribution < 1.29 is 4.74 Å². The van der Waals surface area contributed by atoms with Crippen LogP contribution in [0.1, 0.15) is 19.8 Å². The topological polar surface area (TPSA) is 24.5 Å². The summed E-state index contributed by atoms with van der Waals surface area (Å²) in [5, 5.41) is 3.49. The Morgan fingerprint density at radius 1 is 1.47 bits per heavy atom. The lowest BCUT2D eigenvalue weighted by Gasteiger charge is -2.29. The summed E-state index contributed by atoms with van der Waals surface area (Å²) in [6, 6.07) is 0. The molecule has 2 unspecified atom stereocenters. The molecule has 0 aliphatic carbocycles. The monoisotopic (exact) mass is 212 g/mol. The SMILES string of the molecule is CC1CNCCN(CC2CCCOC2)C1. The molecule has 88 valence electrons. The van der Waals surface area contributed by atoms with E-state index in [4.69, 9.17) is 4.74 Å². The van der Waals surface area contributed by atoms with Crippen molar-refractivity contribution in [2.24, 2.45) is 11.8 Å². The molecule has 1 N–H and O–H groups in total. The second kappa shape index (κ2) is 5.83. The number of hydrogen-bond donors (Lipinski definition) is 1. The van der Waals surface area contributed by atoms with Gasteiger partial charge in [0.05, 0.1) is 6.61 Å². The highest BCUT2D eigenvalue weighted by Crippen LogP contribution is 2.16. The Kier molecular flexibility index (Phi) is 4.42. The fourth-order valence-electron chi connectivity index (χ4n) is 2.66. The maximum Gasteiger partial charge on any atom is 0.0506 e. The van der Waals surface area contributed by atoms with Crippen LogP contribution in [0.4, 0.5) is 0 Å². The molecule has 2 saturated heterocycles. The van der Waals surface area contributed by atoms with Crippen LogP contribution >= 0.6 is 0 Å². The van der Waals surface area contributed by atoms with Gasteiger partial charge in [-0.3, -0.25) is 0 Å². The molecule has 3 heteroatoms.